The van der Waals surface area contributed by atoms with E-state index < -0.39 is 15.9 Å². The summed E-state index contributed by atoms with van der Waals surface area (Å²) in [4.78, 5) is 12.3. The number of rotatable bonds is 9. The molecule has 0 spiro atoms. The highest BCUT2D eigenvalue weighted by molar-refractivity contribution is 7.92. The Kier molecular flexibility index (Phi) is 7.98. The quantitative estimate of drug-likeness (QED) is 0.600. The van der Waals surface area contributed by atoms with Gasteiger partial charge in [0, 0.05) is 16.6 Å². The van der Waals surface area contributed by atoms with Gasteiger partial charge >= 0.3 is 0 Å². The van der Waals surface area contributed by atoms with Crippen molar-refractivity contribution in [1.29, 1.82) is 0 Å². The SMILES string of the molecule is COc1cccc(CCCNC(=O)CN(c2cc(Cl)cc(Cl)c2)S(C)(=O)=O)c1. The van der Waals surface area contributed by atoms with Crippen molar-refractivity contribution in [2.75, 3.05) is 30.8 Å². The third kappa shape index (κ3) is 6.89. The fourth-order valence-electron chi connectivity index (χ4n) is 2.62. The minimum absolute atomic E-state index is 0.242. The number of nitrogens with one attached hydrogen (secondary N) is 1. The lowest BCUT2D eigenvalue weighted by atomic mass is 10.1. The molecule has 0 heterocycles. The number of halogens is 2. The van der Waals surface area contributed by atoms with Crippen LogP contribution in [0.15, 0.2) is 42.5 Å². The predicted octanol–water partition coefficient (Wildman–Crippen LogP) is 3.52. The van der Waals surface area contributed by atoms with Crippen LogP contribution in [0.1, 0.15) is 12.0 Å². The number of nitrogens with zero attached hydrogens (tertiary/aromatic N) is 1. The van der Waals surface area contributed by atoms with Gasteiger partial charge in [-0.25, -0.2) is 8.42 Å². The van der Waals surface area contributed by atoms with Crippen LogP contribution < -0.4 is 14.4 Å². The van der Waals surface area contributed by atoms with Crippen molar-refractivity contribution in [3.05, 3.63) is 58.1 Å². The second kappa shape index (κ2) is 10.0. The molecule has 2 aromatic rings. The second-order valence-corrected chi connectivity index (χ2v) is 8.98. The highest BCUT2D eigenvalue weighted by Crippen LogP contribution is 2.26. The predicted molar refractivity (Wildman–Crippen MR) is 113 cm³/mol. The van der Waals surface area contributed by atoms with Crippen molar-refractivity contribution in [1.82, 2.24) is 5.32 Å². The zero-order valence-corrected chi connectivity index (χ0v) is 17.9. The number of hydrogen-bond donors (Lipinski definition) is 1. The van der Waals surface area contributed by atoms with Crippen molar-refractivity contribution >= 4 is 44.8 Å². The molecule has 0 aliphatic heterocycles. The summed E-state index contributed by atoms with van der Waals surface area (Å²) in [5.41, 5.74) is 1.34. The van der Waals surface area contributed by atoms with E-state index in [1.54, 1.807) is 7.11 Å². The van der Waals surface area contributed by atoms with Crippen LogP contribution in [0.4, 0.5) is 5.69 Å². The summed E-state index contributed by atoms with van der Waals surface area (Å²) in [5, 5.41) is 3.31. The van der Waals surface area contributed by atoms with Gasteiger partial charge < -0.3 is 10.1 Å². The van der Waals surface area contributed by atoms with E-state index in [4.69, 9.17) is 27.9 Å². The van der Waals surface area contributed by atoms with Crippen molar-refractivity contribution in [3.8, 4) is 5.75 Å². The summed E-state index contributed by atoms with van der Waals surface area (Å²) in [6.45, 7) is 0.0681. The van der Waals surface area contributed by atoms with Gasteiger partial charge in [0.05, 0.1) is 19.1 Å². The van der Waals surface area contributed by atoms with Crippen molar-refractivity contribution < 1.29 is 17.9 Å². The number of aryl methyl sites for hydroxylation is 1. The van der Waals surface area contributed by atoms with Gasteiger partial charge in [0.1, 0.15) is 12.3 Å². The number of sulfonamides is 1. The Hall–Kier alpha value is -1.96. The number of amides is 1. The molecule has 0 aliphatic carbocycles. The molecule has 2 rings (SSSR count). The van der Waals surface area contributed by atoms with Gasteiger partial charge in [-0.1, -0.05) is 35.3 Å². The van der Waals surface area contributed by atoms with Crippen molar-refractivity contribution in [3.63, 3.8) is 0 Å². The molecule has 9 heteroatoms. The van der Waals surface area contributed by atoms with Crippen LogP contribution in [-0.4, -0.2) is 40.8 Å². The molecule has 0 saturated heterocycles. The first-order chi connectivity index (χ1) is 13.2. The summed E-state index contributed by atoms with van der Waals surface area (Å²) >= 11 is 11.9. The minimum atomic E-state index is -3.69. The van der Waals surface area contributed by atoms with Crippen LogP contribution in [0.5, 0.6) is 5.75 Å². The van der Waals surface area contributed by atoms with Crippen LogP contribution >= 0.6 is 23.2 Å². The number of anilines is 1. The highest BCUT2D eigenvalue weighted by atomic mass is 35.5. The standard InChI is InChI=1S/C19H22Cl2N2O4S/c1-27-18-7-3-5-14(9-18)6-4-8-22-19(24)13-23(28(2,25)26)17-11-15(20)10-16(21)12-17/h3,5,7,9-12H,4,6,8,13H2,1-2H3,(H,22,24). The summed E-state index contributed by atoms with van der Waals surface area (Å²) in [6.07, 6.45) is 2.50. The molecule has 0 aromatic heterocycles. The molecule has 2 aromatic carbocycles. The zero-order valence-electron chi connectivity index (χ0n) is 15.6. The van der Waals surface area contributed by atoms with Gasteiger partial charge in [-0.2, -0.15) is 0 Å². The Balaban J connectivity index is 1.93. The number of hydrogen-bond acceptors (Lipinski definition) is 4. The van der Waals surface area contributed by atoms with Crippen LogP contribution in [0.3, 0.4) is 0 Å². The molecular weight excluding hydrogens is 423 g/mol. The molecule has 1 N–H and O–H groups in total. The fraction of sp³-hybridized carbons (Fsp3) is 0.316. The maximum absolute atomic E-state index is 12.3. The molecule has 1 amide bonds. The Morgan fingerprint density at radius 1 is 1.14 bits per heavy atom. The van der Waals surface area contributed by atoms with E-state index in [2.05, 4.69) is 5.32 Å². The first-order valence-corrected chi connectivity index (χ1v) is 11.1. The summed E-state index contributed by atoms with van der Waals surface area (Å²) < 4.78 is 30.4. The lowest BCUT2D eigenvalue weighted by molar-refractivity contribution is -0.119. The Bertz CT molecular complexity index is 915. The van der Waals surface area contributed by atoms with E-state index in [0.717, 1.165) is 28.3 Å². The molecule has 0 unspecified atom stereocenters. The molecule has 152 valence electrons. The summed E-state index contributed by atoms with van der Waals surface area (Å²) in [5.74, 6) is 0.373. The molecule has 0 radical (unpaired) electrons. The second-order valence-electron chi connectivity index (χ2n) is 6.20. The molecule has 28 heavy (non-hydrogen) atoms. The van der Waals surface area contributed by atoms with Gasteiger partial charge in [-0.05, 0) is 48.7 Å². The van der Waals surface area contributed by atoms with Crippen LogP contribution in [0.2, 0.25) is 10.0 Å². The third-order valence-corrected chi connectivity index (χ3v) is 5.50. The highest BCUT2D eigenvalue weighted by Gasteiger charge is 2.21. The molecule has 0 saturated carbocycles. The summed E-state index contributed by atoms with van der Waals surface area (Å²) in [6, 6.07) is 12.1. The monoisotopic (exact) mass is 444 g/mol. The molecule has 6 nitrogen and oxygen atoms in total. The molecule has 0 bridgehead atoms. The maximum Gasteiger partial charge on any atom is 0.240 e. The normalized spacial score (nSPS) is 11.1. The molecule has 0 fully saturated rings. The van der Waals surface area contributed by atoms with E-state index in [0.29, 0.717) is 13.0 Å². The minimum Gasteiger partial charge on any atom is -0.497 e. The van der Waals surface area contributed by atoms with Gasteiger partial charge in [-0.3, -0.25) is 9.10 Å². The average Bonchev–Trinajstić information content (AvgIpc) is 2.61. The number of benzene rings is 2. The van der Waals surface area contributed by atoms with Crippen molar-refractivity contribution in [2.45, 2.75) is 12.8 Å². The van der Waals surface area contributed by atoms with E-state index in [1.165, 1.54) is 18.2 Å². The van der Waals surface area contributed by atoms with Gasteiger partial charge in [0.25, 0.3) is 0 Å². The lowest BCUT2D eigenvalue weighted by Gasteiger charge is -2.22. The Morgan fingerprint density at radius 2 is 1.82 bits per heavy atom. The first-order valence-electron chi connectivity index (χ1n) is 8.52. The van der Waals surface area contributed by atoms with Crippen LogP contribution in [0, 0.1) is 0 Å². The molecule has 0 aliphatic rings. The molecule has 0 atom stereocenters. The van der Waals surface area contributed by atoms with Gasteiger partial charge in [-0.15, -0.1) is 0 Å². The van der Waals surface area contributed by atoms with Gasteiger partial charge in [0.2, 0.25) is 15.9 Å². The first kappa shape index (κ1) is 22.3. The number of carbonyl (C=O) groups is 1. The van der Waals surface area contributed by atoms with E-state index in [-0.39, 0.29) is 22.3 Å². The lowest BCUT2D eigenvalue weighted by Crippen LogP contribution is -2.40. The van der Waals surface area contributed by atoms with E-state index >= 15 is 0 Å². The average molecular weight is 445 g/mol. The Morgan fingerprint density at radius 3 is 2.43 bits per heavy atom. The van der Waals surface area contributed by atoms with E-state index in [1.807, 2.05) is 24.3 Å². The number of methoxy groups -OCH3 is 1. The number of ether oxygens (including phenoxy) is 1. The van der Waals surface area contributed by atoms with Crippen LogP contribution in [-0.2, 0) is 21.2 Å². The number of carbonyl (C=O) groups excluding carboxylic acids is 1. The Labute approximate surface area is 175 Å². The largest absolute Gasteiger partial charge is 0.497 e. The smallest absolute Gasteiger partial charge is 0.240 e. The zero-order chi connectivity index (χ0) is 20.7. The molecular formula is C19H22Cl2N2O4S. The third-order valence-electron chi connectivity index (χ3n) is 3.92. The maximum atomic E-state index is 12.3. The van der Waals surface area contributed by atoms with Crippen molar-refractivity contribution in [2.24, 2.45) is 0 Å². The summed E-state index contributed by atoms with van der Waals surface area (Å²) in [7, 11) is -2.08. The van der Waals surface area contributed by atoms with E-state index in [9.17, 15) is 13.2 Å². The van der Waals surface area contributed by atoms with Gasteiger partial charge in [0.15, 0.2) is 0 Å². The fourth-order valence-corrected chi connectivity index (χ4v) is 3.97. The van der Waals surface area contributed by atoms with Crippen LogP contribution in [0.25, 0.3) is 0 Å². The topological polar surface area (TPSA) is 75.7 Å².